The first-order valence-corrected chi connectivity index (χ1v) is 10.0. The van der Waals surface area contributed by atoms with Crippen LogP contribution < -0.4 is 35.9 Å². The van der Waals surface area contributed by atoms with Gasteiger partial charge >= 0.3 is 0 Å². The van der Waals surface area contributed by atoms with Gasteiger partial charge in [0.05, 0.1) is 39.4 Å². The van der Waals surface area contributed by atoms with Gasteiger partial charge < -0.3 is 31.4 Å². The standard InChI is InChI=1S/C24H28NO4.ClH/c1-6-7-17-16-8-9-20(26-2)24(29-5)19(16)14-25-11-10-15-12-21(27-3)22(28-4)13-18(15)23(17)25;/h8-9,12-14H,6-7,10-11H2,1-5H3;1H/q+1;/p-1. The highest BCUT2D eigenvalue weighted by atomic mass is 35.5. The number of halogens is 1. The number of pyridine rings is 1. The highest BCUT2D eigenvalue weighted by Crippen LogP contribution is 2.42. The maximum absolute atomic E-state index is 5.74. The zero-order valence-electron chi connectivity index (χ0n) is 18.2. The highest BCUT2D eigenvalue weighted by Gasteiger charge is 2.31. The summed E-state index contributed by atoms with van der Waals surface area (Å²) < 4.78 is 24.8. The van der Waals surface area contributed by atoms with Crippen LogP contribution in [0.3, 0.4) is 0 Å². The molecule has 2 heterocycles. The Bertz CT molecular complexity index is 1080. The molecule has 6 heteroatoms. The molecule has 2 aromatic carbocycles. The van der Waals surface area contributed by atoms with Crippen molar-refractivity contribution < 1.29 is 35.9 Å². The van der Waals surface area contributed by atoms with Crippen LogP contribution in [0.2, 0.25) is 0 Å². The highest BCUT2D eigenvalue weighted by molar-refractivity contribution is 5.95. The summed E-state index contributed by atoms with van der Waals surface area (Å²) in [4.78, 5) is 0. The predicted molar refractivity (Wildman–Crippen MR) is 113 cm³/mol. The second-order valence-corrected chi connectivity index (χ2v) is 7.28. The Hall–Kier alpha value is -2.66. The predicted octanol–water partition coefficient (Wildman–Crippen LogP) is 1.34. The zero-order chi connectivity index (χ0) is 20.5. The van der Waals surface area contributed by atoms with E-state index in [0.29, 0.717) is 0 Å². The number of hydrogen-bond acceptors (Lipinski definition) is 4. The van der Waals surface area contributed by atoms with E-state index in [1.165, 1.54) is 27.8 Å². The summed E-state index contributed by atoms with van der Waals surface area (Å²) in [6.07, 6.45) is 5.18. The lowest BCUT2D eigenvalue weighted by Gasteiger charge is -2.22. The first kappa shape index (κ1) is 22.0. The maximum Gasteiger partial charge on any atom is 0.216 e. The van der Waals surface area contributed by atoms with E-state index < -0.39 is 0 Å². The Kier molecular flexibility index (Phi) is 6.61. The van der Waals surface area contributed by atoms with Crippen LogP contribution in [0.1, 0.15) is 24.5 Å². The summed E-state index contributed by atoms with van der Waals surface area (Å²) >= 11 is 0. The molecule has 0 aliphatic carbocycles. The van der Waals surface area contributed by atoms with E-state index in [1.807, 2.05) is 6.07 Å². The molecule has 30 heavy (non-hydrogen) atoms. The molecule has 3 aromatic rings. The average Bonchev–Trinajstić information content (AvgIpc) is 2.76. The molecule has 0 spiro atoms. The molecule has 0 N–H and O–H groups in total. The van der Waals surface area contributed by atoms with Gasteiger partial charge in [-0.25, -0.2) is 0 Å². The van der Waals surface area contributed by atoms with E-state index in [9.17, 15) is 0 Å². The molecule has 0 radical (unpaired) electrons. The third-order valence-electron chi connectivity index (χ3n) is 5.75. The summed E-state index contributed by atoms with van der Waals surface area (Å²) in [6, 6.07) is 8.38. The zero-order valence-corrected chi connectivity index (χ0v) is 18.9. The lowest BCUT2D eigenvalue weighted by atomic mass is 9.89. The first-order valence-electron chi connectivity index (χ1n) is 10.0. The van der Waals surface area contributed by atoms with Gasteiger partial charge in [0.15, 0.2) is 35.7 Å². The summed E-state index contributed by atoms with van der Waals surface area (Å²) in [7, 11) is 6.75. The lowest BCUT2D eigenvalue weighted by molar-refractivity contribution is -0.686. The number of aromatic nitrogens is 1. The number of hydrogen-bond donors (Lipinski definition) is 0. The van der Waals surface area contributed by atoms with E-state index in [4.69, 9.17) is 18.9 Å². The van der Waals surface area contributed by atoms with Gasteiger partial charge in [-0.3, -0.25) is 0 Å². The maximum atomic E-state index is 5.74. The lowest BCUT2D eigenvalue weighted by Crippen LogP contribution is -3.00. The number of aryl methyl sites for hydroxylation is 3. The van der Waals surface area contributed by atoms with Crippen molar-refractivity contribution in [1.82, 2.24) is 0 Å². The number of ether oxygens (including phenoxy) is 4. The molecule has 0 atom stereocenters. The van der Waals surface area contributed by atoms with Crippen molar-refractivity contribution in [1.29, 1.82) is 0 Å². The molecule has 0 unspecified atom stereocenters. The summed E-state index contributed by atoms with van der Waals surface area (Å²) in [5.74, 6) is 3.08. The minimum atomic E-state index is 0. The monoisotopic (exact) mass is 429 g/mol. The number of benzene rings is 2. The fraction of sp³-hybridized carbons (Fsp3) is 0.375. The van der Waals surface area contributed by atoms with Crippen molar-refractivity contribution in [3.63, 3.8) is 0 Å². The first-order chi connectivity index (χ1) is 14.2. The van der Waals surface area contributed by atoms with Gasteiger partial charge in [0.25, 0.3) is 0 Å². The van der Waals surface area contributed by atoms with Crippen molar-refractivity contribution >= 4 is 10.8 Å². The minimum Gasteiger partial charge on any atom is -1.00 e. The molecule has 5 nitrogen and oxygen atoms in total. The van der Waals surface area contributed by atoms with Gasteiger partial charge in [-0.15, -0.1) is 0 Å². The Morgan fingerprint density at radius 1 is 0.867 bits per heavy atom. The fourth-order valence-electron chi connectivity index (χ4n) is 4.45. The van der Waals surface area contributed by atoms with Crippen molar-refractivity contribution in [2.24, 2.45) is 0 Å². The normalized spacial score (nSPS) is 11.9. The van der Waals surface area contributed by atoms with Crippen molar-refractivity contribution in [2.45, 2.75) is 32.7 Å². The van der Waals surface area contributed by atoms with Crippen LogP contribution in [0, 0.1) is 0 Å². The van der Waals surface area contributed by atoms with Gasteiger partial charge in [-0.1, -0.05) is 13.3 Å². The molecule has 0 saturated heterocycles. The summed E-state index contributed by atoms with van der Waals surface area (Å²) in [5, 5.41) is 2.29. The molecular formula is C24H28ClNO4. The second-order valence-electron chi connectivity index (χ2n) is 7.28. The largest absolute Gasteiger partial charge is 1.00 e. The Labute approximate surface area is 183 Å². The number of nitrogens with zero attached hydrogens (tertiary/aromatic N) is 1. The molecule has 1 aliphatic rings. The summed E-state index contributed by atoms with van der Waals surface area (Å²) in [5.41, 5.74) is 5.10. The van der Waals surface area contributed by atoms with Crippen LogP contribution in [-0.2, 0) is 19.4 Å². The Morgan fingerprint density at radius 3 is 2.20 bits per heavy atom. The third kappa shape index (κ3) is 3.41. The molecule has 0 fully saturated rings. The second kappa shape index (κ2) is 9.00. The molecule has 1 aromatic heterocycles. The number of fused-ring (bicyclic) bond motifs is 4. The van der Waals surface area contributed by atoms with Crippen LogP contribution in [0.25, 0.3) is 22.0 Å². The molecule has 1 aliphatic heterocycles. The van der Waals surface area contributed by atoms with E-state index in [-0.39, 0.29) is 12.4 Å². The molecule has 0 amide bonds. The van der Waals surface area contributed by atoms with E-state index in [1.54, 1.807) is 28.4 Å². The molecule has 0 saturated carbocycles. The summed E-state index contributed by atoms with van der Waals surface area (Å²) in [6.45, 7) is 3.12. The molecular weight excluding hydrogens is 402 g/mol. The fourth-order valence-corrected chi connectivity index (χ4v) is 4.45. The smallest absolute Gasteiger partial charge is 0.216 e. The van der Waals surface area contributed by atoms with Gasteiger partial charge in [0.1, 0.15) is 0 Å². The van der Waals surface area contributed by atoms with E-state index >= 15 is 0 Å². The number of rotatable bonds is 6. The van der Waals surface area contributed by atoms with Crippen molar-refractivity contribution in [3.05, 3.63) is 41.6 Å². The van der Waals surface area contributed by atoms with Crippen molar-refractivity contribution in [3.8, 4) is 34.3 Å². The minimum absolute atomic E-state index is 0. The van der Waals surface area contributed by atoms with Crippen LogP contribution in [0.4, 0.5) is 0 Å². The van der Waals surface area contributed by atoms with Crippen LogP contribution in [0.5, 0.6) is 23.0 Å². The van der Waals surface area contributed by atoms with E-state index in [2.05, 4.69) is 35.9 Å². The van der Waals surface area contributed by atoms with Crippen LogP contribution in [-0.4, -0.2) is 28.4 Å². The van der Waals surface area contributed by atoms with Gasteiger partial charge in [0, 0.05) is 17.4 Å². The van der Waals surface area contributed by atoms with Crippen molar-refractivity contribution in [2.75, 3.05) is 28.4 Å². The van der Waals surface area contributed by atoms with Gasteiger partial charge in [-0.2, -0.15) is 4.57 Å². The topological polar surface area (TPSA) is 40.8 Å². The molecule has 4 rings (SSSR count). The number of methoxy groups -OCH3 is 4. The van der Waals surface area contributed by atoms with Crippen LogP contribution >= 0.6 is 0 Å². The third-order valence-corrected chi connectivity index (χ3v) is 5.75. The quantitative estimate of drug-likeness (QED) is 0.554. The van der Waals surface area contributed by atoms with E-state index in [0.717, 1.165) is 54.2 Å². The average molecular weight is 430 g/mol. The van der Waals surface area contributed by atoms with Crippen LogP contribution in [0.15, 0.2) is 30.5 Å². The SMILES string of the molecule is CCCc1c2[n+](cc3c(OC)c(OC)ccc13)CCc1cc(OC)c(OC)cc1-2.[Cl-]. The van der Waals surface area contributed by atoms with Gasteiger partial charge in [0.2, 0.25) is 5.69 Å². The molecule has 160 valence electrons. The van der Waals surface area contributed by atoms with Gasteiger partial charge in [-0.05, 0) is 36.2 Å². The molecule has 0 bridgehead atoms. The Balaban J connectivity index is 0.00000256. The Morgan fingerprint density at radius 2 is 1.57 bits per heavy atom.